The molecule has 0 spiro atoms. The molecule has 15 heavy (non-hydrogen) atoms. The van der Waals surface area contributed by atoms with Crippen LogP contribution in [0.1, 0.15) is 20.7 Å². The molecule has 0 saturated carbocycles. The van der Waals surface area contributed by atoms with Crippen LogP contribution in [-0.2, 0) is 0 Å². The Labute approximate surface area is 85.1 Å². The Bertz CT molecular complexity index is 428. The molecule has 6 nitrogen and oxygen atoms in total. The van der Waals surface area contributed by atoms with Crippen molar-refractivity contribution in [3.63, 3.8) is 0 Å². The highest BCUT2D eigenvalue weighted by molar-refractivity contribution is 6.03. The third kappa shape index (κ3) is 1.98. The van der Waals surface area contributed by atoms with Crippen LogP contribution in [0, 0.1) is 10.1 Å². The maximum absolute atomic E-state index is 11.3. The molecule has 0 saturated heterocycles. The Balaban J connectivity index is 3.41. The third-order valence-corrected chi connectivity index (χ3v) is 1.87. The van der Waals surface area contributed by atoms with Crippen LogP contribution in [0.25, 0.3) is 0 Å². The summed E-state index contributed by atoms with van der Waals surface area (Å²) in [5.41, 5.74) is -0.574. The maximum atomic E-state index is 11.3. The fourth-order valence-electron chi connectivity index (χ4n) is 1.17. The number of carbonyl (C=O) groups is 2. The summed E-state index contributed by atoms with van der Waals surface area (Å²) in [6.45, 7) is 0. The van der Waals surface area contributed by atoms with Gasteiger partial charge < -0.3 is 5.32 Å². The number of benzene rings is 1. The van der Waals surface area contributed by atoms with Gasteiger partial charge in [0.1, 0.15) is 5.56 Å². The van der Waals surface area contributed by atoms with Gasteiger partial charge in [-0.25, -0.2) is 0 Å². The standard InChI is InChI=1S/C9H8N2O4/c1-10-9(13)6-3-2-4-8(11(14)15)7(6)5-12/h2-5H,1H3,(H,10,13). The van der Waals surface area contributed by atoms with Gasteiger partial charge in [0.25, 0.3) is 11.6 Å². The number of rotatable bonds is 3. The molecule has 78 valence electrons. The van der Waals surface area contributed by atoms with Crippen LogP contribution in [0.2, 0.25) is 0 Å². The van der Waals surface area contributed by atoms with Gasteiger partial charge >= 0.3 is 0 Å². The van der Waals surface area contributed by atoms with Crippen LogP contribution in [0.15, 0.2) is 18.2 Å². The molecule has 0 aromatic heterocycles. The zero-order valence-electron chi connectivity index (χ0n) is 7.89. The fraction of sp³-hybridized carbons (Fsp3) is 0.111. The molecule has 0 atom stereocenters. The van der Waals surface area contributed by atoms with Gasteiger partial charge in [-0.05, 0) is 6.07 Å². The van der Waals surface area contributed by atoms with Gasteiger partial charge in [-0.2, -0.15) is 0 Å². The lowest BCUT2D eigenvalue weighted by molar-refractivity contribution is -0.385. The van der Waals surface area contributed by atoms with E-state index < -0.39 is 10.8 Å². The van der Waals surface area contributed by atoms with E-state index in [1.54, 1.807) is 0 Å². The molecule has 1 aromatic carbocycles. The molecule has 6 heteroatoms. The number of nitrogens with zero attached hydrogens (tertiary/aromatic N) is 1. The van der Waals surface area contributed by atoms with Crippen molar-refractivity contribution >= 4 is 17.9 Å². The predicted octanol–water partition coefficient (Wildman–Crippen LogP) is 0.767. The summed E-state index contributed by atoms with van der Waals surface area (Å²) in [6.07, 6.45) is 0.308. The Kier molecular flexibility index (Phi) is 3.12. The van der Waals surface area contributed by atoms with E-state index in [2.05, 4.69) is 5.32 Å². The van der Waals surface area contributed by atoms with Crippen molar-refractivity contribution in [2.24, 2.45) is 0 Å². The number of nitro groups is 1. The monoisotopic (exact) mass is 208 g/mol. The molecule has 0 fully saturated rings. The van der Waals surface area contributed by atoms with Crippen LogP contribution in [0.5, 0.6) is 0 Å². The highest BCUT2D eigenvalue weighted by Gasteiger charge is 2.19. The zero-order valence-corrected chi connectivity index (χ0v) is 7.89. The van der Waals surface area contributed by atoms with Crippen molar-refractivity contribution in [3.8, 4) is 0 Å². The first-order valence-corrected chi connectivity index (χ1v) is 4.06. The Morgan fingerprint density at radius 1 is 1.53 bits per heavy atom. The molecule has 0 heterocycles. The van der Waals surface area contributed by atoms with Crippen LogP contribution in [-0.4, -0.2) is 24.2 Å². The van der Waals surface area contributed by atoms with E-state index in [0.29, 0.717) is 6.29 Å². The second-order valence-corrected chi connectivity index (χ2v) is 2.69. The van der Waals surface area contributed by atoms with E-state index in [1.807, 2.05) is 0 Å². The van der Waals surface area contributed by atoms with Crippen LogP contribution in [0.3, 0.4) is 0 Å². The zero-order chi connectivity index (χ0) is 11.4. The van der Waals surface area contributed by atoms with Crippen LogP contribution < -0.4 is 5.32 Å². The Hall–Kier alpha value is -2.24. The first kappa shape index (κ1) is 10.8. The minimum Gasteiger partial charge on any atom is -0.355 e. The normalized spacial score (nSPS) is 9.40. The average molecular weight is 208 g/mol. The van der Waals surface area contributed by atoms with Crippen molar-refractivity contribution in [2.75, 3.05) is 7.05 Å². The molecule has 1 amide bonds. The molecule has 1 N–H and O–H groups in total. The number of hydrogen-bond acceptors (Lipinski definition) is 4. The number of nitrogens with one attached hydrogen (secondary N) is 1. The molecular formula is C9H8N2O4. The van der Waals surface area contributed by atoms with E-state index in [4.69, 9.17) is 0 Å². The Morgan fingerprint density at radius 2 is 2.20 bits per heavy atom. The van der Waals surface area contributed by atoms with E-state index in [0.717, 1.165) is 0 Å². The lowest BCUT2D eigenvalue weighted by Gasteiger charge is -2.02. The SMILES string of the molecule is CNC(=O)c1cccc([N+](=O)[O-])c1C=O. The molecule has 0 aliphatic heterocycles. The van der Waals surface area contributed by atoms with Gasteiger partial charge in [0.2, 0.25) is 0 Å². The molecule has 1 rings (SSSR count). The smallest absolute Gasteiger partial charge is 0.280 e. The van der Waals surface area contributed by atoms with Gasteiger partial charge in [-0.15, -0.1) is 0 Å². The van der Waals surface area contributed by atoms with Gasteiger partial charge in [0, 0.05) is 13.1 Å². The average Bonchev–Trinajstić information content (AvgIpc) is 2.26. The molecule has 0 aliphatic rings. The van der Waals surface area contributed by atoms with E-state index in [1.165, 1.54) is 25.2 Å². The molecule has 0 bridgehead atoms. The molecule has 0 radical (unpaired) electrons. The summed E-state index contributed by atoms with van der Waals surface area (Å²) in [7, 11) is 1.38. The number of amides is 1. The summed E-state index contributed by atoms with van der Waals surface area (Å²) in [6, 6.07) is 3.89. The second kappa shape index (κ2) is 4.32. The Morgan fingerprint density at radius 3 is 2.67 bits per heavy atom. The van der Waals surface area contributed by atoms with E-state index in [9.17, 15) is 19.7 Å². The number of aldehydes is 1. The summed E-state index contributed by atoms with van der Waals surface area (Å²) in [5.74, 6) is -0.527. The summed E-state index contributed by atoms with van der Waals surface area (Å²) >= 11 is 0. The van der Waals surface area contributed by atoms with E-state index >= 15 is 0 Å². The second-order valence-electron chi connectivity index (χ2n) is 2.69. The summed E-state index contributed by atoms with van der Waals surface area (Å²) < 4.78 is 0. The number of nitro benzene ring substituents is 1. The van der Waals surface area contributed by atoms with Gasteiger partial charge in [0.05, 0.1) is 10.5 Å². The summed E-state index contributed by atoms with van der Waals surface area (Å²) in [4.78, 5) is 31.8. The highest BCUT2D eigenvalue weighted by Crippen LogP contribution is 2.20. The van der Waals surface area contributed by atoms with Crippen molar-refractivity contribution < 1.29 is 14.5 Å². The number of carbonyl (C=O) groups excluding carboxylic acids is 2. The molecular weight excluding hydrogens is 200 g/mol. The fourth-order valence-corrected chi connectivity index (χ4v) is 1.17. The first-order chi connectivity index (χ1) is 7.11. The van der Waals surface area contributed by atoms with Gasteiger partial charge in [-0.1, -0.05) is 6.07 Å². The van der Waals surface area contributed by atoms with Crippen molar-refractivity contribution in [2.45, 2.75) is 0 Å². The van der Waals surface area contributed by atoms with Crippen LogP contribution >= 0.6 is 0 Å². The minimum atomic E-state index is -0.698. The maximum Gasteiger partial charge on any atom is 0.280 e. The summed E-state index contributed by atoms with van der Waals surface area (Å²) in [5, 5.41) is 12.9. The molecule has 0 aliphatic carbocycles. The van der Waals surface area contributed by atoms with Crippen molar-refractivity contribution in [1.82, 2.24) is 5.32 Å². The lowest BCUT2D eigenvalue weighted by Crippen LogP contribution is -2.20. The topological polar surface area (TPSA) is 89.3 Å². The van der Waals surface area contributed by atoms with Crippen LogP contribution in [0.4, 0.5) is 5.69 Å². The van der Waals surface area contributed by atoms with Crippen molar-refractivity contribution in [1.29, 1.82) is 0 Å². The highest BCUT2D eigenvalue weighted by atomic mass is 16.6. The van der Waals surface area contributed by atoms with Crippen molar-refractivity contribution in [3.05, 3.63) is 39.4 Å². The quantitative estimate of drug-likeness (QED) is 0.451. The molecule has 0 unspecified atom stereocenters. The van der Waals surface area contributed by atoms with Gasteiger partial charge in [-0.3, -0.25) is 19.7 Å². The predicted molar refractivity (Wildman–Crippen MR) is 51.9 cm³/mol. The van der Waals surface area contributed by atoms with E-state index in [-0.39, 0.29) is 16.8 Å². The molecule has 1 aromatic rings. The number of hydrogen-bond donors (Lipinski definition) is 1. The minimum absolute atomic E-state index is 0.00157. The largest absolute Gasteiger partial charge is 0.355 e. The van der Waals surface area contributed by atoms with Gasteiger partial charge in [0.15, 0.2) is 6.29 Å². The third-order valence-electron chi connectivity index (χ3n) is 1.87. The first-order valence-electron chi connectivity index (χ1n) is 4.06. The lowest BCUT2D eigenvalue weighted by atomic mass is 10.1.